The monoisotopic (exact) mass is 350 g/mol. The third-order valence-corrected chi connectivity index (χ3v) is 3.79. The molecule has 0 spiro atoms. The average Bonchev–Trinajstić information content (AvgIpc) is 2.94. The summed E-state index contributed by atoms with van der Waals surface area (Å²) in [6.45, 7) is 5.04. The van der Waals surface area contributed by atoms with Gasteiger partial charge in [0, 0.05) is 30.3 Å². The smallest absolute Gasteiger partial charge is 0.271 e. The van der Waals surface area contributed by atoms with Gasteiger partial charge in [0.05, 0.1) is 5.69 Å². The third-order valence-electron chi connectivity index (χ3n) is 3.05. The number of nitrogens with one attached hydrogen (secondary N) is 2. The minimum absolute atomic E-state index is 0.189. The van der Waals surface area contributed by atoms with E-state index in [1.54, 1.807) is 24.0 Å². The number of nitrogens with zero attached hydrogens (tertiary/aromatic N) is 2. The molecule has 5 nitrogen and oxygen atoms in total. The van der Waals surface area contributed by atoms with Gasteiger partial charge in [0.25, 0.3) is 5.91 Å². The maximum Gasteiger partial charge on any atom is 0.271 e. The highest BCUT2D eigenvalue weighted by molar-refractivity contribution is 9.10. The SMILES string of the molecule is CNC(=O)c1ccn(-c2ccc(CNC(C)C)c(Br)c2)n1. The Morgan fingerprint density at radius 3 is 2.76 bits per heavy atom. The quantitative estimate of drug-likeness (QED) is 0.870. The van der Waals surface area contributed by atoms with Gasteiger partial charge in [0.1, 0.15) is 0 Å². The van der Waals surface area contributed by atoms with Crippen molar-refractivity contribution in [2.45, 2.75) is 26.4 Å². The Morgan fingerprint density at radius 1 is 1.38 bits per heavy atom. The van der Waals surface area contributed by atoms with E-state index in [4.69, 9.17) is 0 Å². The van der Waals surface area contributed by atoms with E-state index in [1.807, 2.05) is 12.1 Å². The second kappa shape index (κ2) is 6.87. The number of benzene rings is 1. The highest BCUT2D eigenvalue weighted by Crippen LogP contribution is 2.21. The zero-order chi connectivity index (χ0) is 15.4. The molecule has 0 fully saturated rings. The van der Waals surface area contributed by atoms with Crippen molar-refractivity contribution >= 4 is 21.8 Å². The molecule has 2 N–H and O–H groups in total. The maximum atomic E-state index is 11.5. The van der Waals surface area contributed by atoms with Crippen LogP contribution < -0.4 is 10.6 Å². The van der Waals surface area contributed by atoms with E-state index in [0.29, 0.717) is 11.7 Å². The molecule has 2 rings (SSSR count). The maximum absolute atomic E-state index is 11.5. The van der Waals surface area contributed by atoms with E-state index in [1.165, 1.54) is 5.56 Å². The molecular formula is C15H19BrN4O. The molecule has 0 radical (unpaired) electrons. The van der Waals surface area contributed by atoms with Crippen LogP contribution in [-0.4, -0.2) is 28.8 Å². The lowest BCUT2D eigenvalue weighted by Crippen LogP contribution is -2.22. The Hall–Kier alpha value is -1.66. The number of carbonyl (C=O) groups excluding carboxylic acids is 1. The van der Waals surface area contributed by atoms with Gasteiger partial charge >= 0.3 is 0 Å². The number of hydrogen-bond acceptors (Lipinski definition) is 3. The van der Waals surface area contributed by atoms with E-state index in [0.717, 1.165) is 16.7 Å². The van der Waals surface area contributed by atoms with Gasteiger partial charge in [-0.1, -0.05) is 35.8 Å². The van der Waals surface area contributed by atoms with Crippen LogP contribution in [0, 0.1) is 0 Å². The van der Waals surface area contributed by atoms with E-state index >= 15 is 0 Å². The third kappa shape index (κ3) is 3.92. The number of aromatic nitrogens is 2. The number of amides is 1. The van der Waals surface area contributed by atoms with Gasteiger partial charge in [-0.2, -0.15) is 5.10 Å². The van der Waals surface area contributed by atoms with E-state index in [9.17, 15) is 4.79 Å². The van der Waals surface area contributed by atoms with Crippen molar-refractivity contribution in [3.8, 4) is 5.69 Å². The van der Waals surface area contributed by atoms with Gasteiger partial charge < -0.3 is 10.6 Å². The van der Waals surface area contributed by atoms with Crippen LogP contribution in [0.5, 0.6) is 0 Å². The number of hydrogen-bond donors (Lipinski definition) is 2. The lowest BCUT2D eigenvalue weighted by atomic mass is 10.2. The highest BCUT2D eigenvalue weighted by atomic mass is 79.9. The molecule has 0 atom stereocenters. The largest absolute Gasteiger partial charge is 0.354 e. The predicted molar refractivity (Wildman–Crippen MR) is 86.6 cm³/mol. The summed E-state index contributed by atoms with van der Waals surface area (Å²) in [5.41, 5.74) is 2.50. The minimum atomic E-state index is -0.189. The molecule has 0 bridgehead atoms. The standard InChI is InChI=1S/C15H19BrN4O/c1-10(2)18-9-11-4-5-12(8-13(11)16)20-7-6-14(19-20)15(21)17-3/h4-8,10,18H,9H2,1-3H3,(H,17,21). The predicted octanol–water partition coefficient (Wildman–Crippen LogP) is 2.49. The summed E-state index contributed by atoms with van der Waals surface area (Å²) in [6.07, 6.45) is 1.78. The molecule has 0 aliphatic rings. The molecule has 0 saturated carbocycles. The van der Waals surface area contributed by atoms with Gasteiger partial charge in [-0.15, -0.1) is 0 Å². The van der Waals surface area contributed by atoms with Crippen molar-refractivity contribution in [1.82, 2.24) is 20.4 Å². The first-order valence-electron chi connectivity index (χ1n) is 6.81. The van der Waals surface area contributed by atoms with Gasteiger partial charge in [0.15, 0.2) is 5.69 Å². The van der Waals surface area contributed by atoms with Crippen LogP contribution >= 0.6 is 15.9 Å². The van der Waals surface area contributed by atoms with Gasteiger partial charge in [-0.25, -0.2) is 4.68 Å². The average molecular weight is 351 g/mol. The number of carbonyl (C=O) groups is 1. The zero-order valence-corrected chi connectivity index (χ0v) is 13.9. The van der Waals surface area contributed by atoms with Gasteiger partial charge in [0.2, 0.25) is 0 Å². The second-order valence-electron chi connectivity index (χ2n) is 5.04. The Kier molecular flexibility index (Phi) is 5.14. The summed E-state index contributed by atoms with van der Waals surface area (Å²) < 4.78 is 2.71. The molecule has 0 aliphatic heterocycles. The molecule has 1 aromatic heterocycles. The van der Waals surface area contributed by atoms with Crippen LogP contribution in [-0.2, 0) is 6.54 Å². The molecule has 1 aromatic carbocycles. The summed E-state index contributed by atoms with van der Waals surface area (Å²) in [5, 5.41) is 10.2. The van der Waals surface area contributed by atoms with Gasteiger partial charge in [-0.05, 0) is 23.8 Å². The summed E-state index contributed by atoms with van der Waals surface area (Å²) in [5.74, 6) is -0.189. The fraction of sp³-hybridized carbons (Fsp3) is 0.333. The lowest BCUT2D eigenvalue weighted by Gasteiger charge is -2.11. The molecular weight excluding hydrogens is 332 g/mol. The van der Waals surface area contributed by atoms with Crippen molar-refractivity contribution in [3.63, 3.8) is 0 Å². The Morgan fingerprint density at radius 2 is 2.14 bits per heavy atom. The molecule has 21 heavy (non-hydrogen) atoms. The van der Waals surface area contributed by atoms with Crippen molar-refractivity contribution in [3.05, 3.63) is 46.2 Å². The Balaban J connectivity index is 2.19. The summed E-state index contributed by atoms with van der Waals surface area (Å²) in [7, 11) is 1.59. The van der Waals surface area contributed by atoms with E-state index in [-0.39, 0.29) is 5.91 Å². The van der Waals surface area contributed by atoms with Crippen molar-refractivity contribution < 1.29 is 4.79 Å². The molecule has 0 unspecified atom stereocenters. The Bertz CT molecular complexity index is 636. The first-order chi connectivity index (χ1) is 10.0. The minimum Gasteiger partial charge on any atom is -0.354 e. The molecule has 0 aliphatic carbocycles. The Labute approximate surface area is 132 Å². The second-order valence-corrected chi connectivity index (χ2v) is 5.89. The van der Waals surface area contributed by atoms with Crippen molar-refractivity contribution in [2.24, 2.45) is 0 Å². The molecule has 1 heterocycles. The van der Waals surface area contributed by atoms with Crippen LogP contribution in [0.2, 0.25) is 0 Å². The number of halogens is 1. The lowest BCUT2D eigenvalue weighted by molar-refractivity contribution is 0.0957. The first kappa shape index (κ1) is 15.7. The fourth-order valence-electron chi connectivity index (χ4n) is 1.85. The molecule has 1 amide bonds. The fourth-order valence-corrected chi connectivity index (χ4v) is 2.36. The number of rotatable bonds is 5. The molecule has 0 saturated heterocycles. The summed E-state index contributed by atoms with van der Waals surface area (Å²) >= 11 is 3.58. The van der Waals surface area contributed by atoms with Gasteiger partial charge in [-0.3, -0.25) is 4.79 Å². The molecule has 2 aromatic rings. The van der Waals surface area contributed by atoms with Crippen LogP contribution in [0.4, 0.5) is 0 Å². The molecule has 6 heteroatoms. The van der Waals surface area contributed by atoms with Crippen LogP contribution in [0.15, 0.2) is 34.9 Å². The van der Waals surface area contributed by atoms with Crippen molar-refractivity contribution in [1.29, 1.82) is 0 Å². The summed E-state index contributed by atoms with van der Waals surface area (Å²) in [4.78, 5) is 11.5. The van der Waals surface area contributed by atoms with E-state index < -0.39 is 0 Å². The van der Waals surface area contributed by atoms with Crippen molar-refractivity contribution in [2.75, 3.05) is 7.05 Å². The highest BCUT2D eigenvalue weighted by Gasteiger charge is 2.09. The zero-order valence-electron chi connectivity index (χ0n) is 12.4. The van der Waals surface area contributed by atoms with Crippen LogP contribution in [0.25, 0.3) is 5.69 Å². The topological polar surface area (TPSA) is 59.0 Å². The normalized spacial score (nSPS) is 10.9. The summed E-state index contributed by atoms with van der Waals surface area (Å²) in [6, 6.07) is 8.18. The molecule has 112 valence electrons. The first-order valence-corrected chi connectivity index (χ1v) is 7.60. The van der Waals surface area contributed by atoms with Crippen LogP contribution in [0.1, 0.15) is 29.9 Å². The van der Waals surface area contributed by atoms with E-state index in [2.05, 4.69) is 51.6 Å². The van der Waals surface area contributed by atoms with Crippen LogP contribution in [0.3, 0.4) is 0 Å².